The van der Waals surface area contributed by atoms with E-state index in [1.54, 1.807) is 13.1 Å². The summed E-state index contributed by atoms with van der Waals surface area (Å²) in [5.74, 6) is 0.0716. The summed E-state index contributed by atoms with van der Waals surface area (Å²) in [6.45, 7) is 1.58. The van der Waals surface area contributed by atoms with E-state index in [4.69, 9.17) is 0 Å². The van der Waals surface area contributed by atoms with E-state index in [1.165, 1.54) is 0 Å². The van der Waals surface area contributed by atoms with Crippen LogP contribution in [0.5, 0.6) is 0 Å². The van der Waals surface area contributed by atoms with E-state index in [1.807, 2.05) is 36.5 Å². The monoisotopic (exact) mass is 275 g/mol. The number of pyridine rings is 1. The van der Waals surface area contributed by atoms with Crippen LogP contribution < -0.4 is 0 Å². The molecule has 1 aromatic carbocycles. The van der Waals surface area contributed by atoms with E-state index in [9.17, 15) is 4.79 Å². The number of carbonyl (C=O) groups excluding carboxylic acids is 1. The number of fused-ring (bicyclic) bond motifs is 2. The molecule has 0 amide bonds. The number of Topliss-reactive ketones (excluding diaryl/α,β-unsaturated/α-hetero) is 1. The van der Waals surface area contributed by atoms with Gasteiger partial charge in [0.1, 0.15) is 5.65 Å². The number of ketones is 1. The molecule has 4 nitrogen and oxygen atoms in total. The van der Waals surface area contributed by atoms with Crippen molar-refractivity contribution in [3.05, 3.63) is 54.4 Å². The van der Waals surface area contributed by atoms with Crippen LogP contribution in [0.1, 0.15) is 17.3 Å². The molecule has 3 aromatic heterocycles. The minimum absolute atomic E-state index is 0.0716. The van der Waals surface area contributed by atoms with Crippen molar-refractivity contribution in [1.29, 1.82) is 0 Å². The molecule has 0 atom stereocenters. The number of benzene rings is 1. The molecule has 0 bridgehead atoms. The summed E-state index contributed by atoms with van der Waals surface area (Å²) in [6, 6.07) is 11.7. The smallest absolute Gasteiger partial charge is 0.159 e. The third-order valence-corrected chi connectivity index (χ3v) is 3.77. The van der Waals surface area contributed by atoms with Gasteiger partial charge in [0.25, 0.3) is 0 Å². The lowest BCUT2D eigenvalue weighted by Crippen LogP contribution is -1.90. The van der Waals surface area contributed by atoms with Gasteiger partial charge in [-0.2, -0.15) is 0 Å². The highest BCUT2D eigenvalue weighted by molar-refractivity contribution is 6.03. The molecule has 4 rings (SSSR count). The summed E-state index contributed by atoms with van der Waals surface area (Å²) in [5, 5.41) is 2.11. The fourth-order valence-electron chi connectivity index (χ4n) is 2.67. The fraction of sp³-hybridized carbons (Fsp3) is 0.0588. The van der Waals surface area contributed by atoms with Gasteiger partial charge in [-0.1, -0.05) is 0 Å². The Labute approximate surface area is 120 Å². The Hall–Kier alpha value is -2.88. The van der Waals surface area contributed by atoms with Crippen molar-refractivity contribution in [3.63, 3.8) is 0 Å². The number of aromatic nitrogens is 3. The maximum atomic E-state index is 11.6. The molecule has 102 valence electrons. The molecule has 0 saturated carbocycles. The van der Waals surface area contributed by atoms with Crippen molar-refractivity contribution in [3.8, 4) is 11.3 Å². The van der Waals surface area contributed by atoms with Crippen LogP contribution in [0, 0.1) is 0 Å². The van der Waals surface area contributed by atoms with E-state index in [-0.39, 0.29) is 5.78 Å². The van der Waals surface area contributed by atoms with Crippen molar-refractivity contribution in [2.45, 2.75) is 6.92 Å². The molecule has 0 unspecified atom stereocenters. The van der Waals surface area contributed by atoms with E-state index in [2.05, 4.69) is 21.0 Å². The Morgan fingerprint density at radius 3 is 2.90 bits per heavy atom. The van der Waals surface area contributed by atoms with Gasteiger partial charge in [-0.15, -0.1) is 0 Å². The molecule has 0 aliphatic carbocycles. The van der Waals surface area contributed by atoms with Crippen LogP contribution in [0.4, 0.5) is 0 Å². The van der Waals surface area contributed by atoms with Crippen LogP contribution in [0.15, 0.2) is 48.8 Å². The van der Waals surface area contributed by atoms with E-state index >= 15 is 0 Å². The zero-order valence-electron chi connectivity index (χ0n) is 11.5. The Kier molecular flexibility index (Phi) is 2.44. The second-order valence-electron chi connectivity index (χ2n) is 5.14. The Morgan fingerprint density at radius 2 is 2.10 bits per heavy atom. The summed E-state index contributed by atoms with van der Waals surface area (Å²) in [6.07, 6.45) is 3.73. The summed E-state index contributed by atoms with van der Waals surface area (Å²) in [4.78, 5) is 22.5. The molecule has 4 aromatic rings. The summed E-state index contributed by atoms with van der Waals surface area (Å²) in [5.41, 5.74) is 4.64. The first-order valence-corrected chi connectivity index (χ1v) is 6.78. The lowest BCUT2D eigenvalue weighted by atomic mass is 10.1. The molecular formula is C17H13N3O. The van der Waals surface area contributed by atoms with Gasteiger partial charge in [0.05, 0.1) is 0 Å². The SMILES string of the molecule is CC(=O)c1ccc2[nH]cc(-c3cc4cccnc4[nH]3)c2c1. The summed E-state index contributed by atoms with van der Waals surface area (Å²) in [7, 11) is 0. The van der Waals surface area contributed by atoms with E-state index in [0.29, 0.717) is 0 Å². The molecule has 4 heteroatoms. The topological polar surface area (TPSA) is 61.5 Å². The number of hydrogen-bond donors (Lipinski definition) is 2. The Balaban J connectivity index is 1.96. The van der Waals surface area contributed by atoms with Crippen molar-refractivity contribution >= 4 is 27.7 Å². The minimum atomic E-state index is 0.0716. The average Bonchev–Trinajstić information content (AvgIpc) is 3.09. The zero-order chi connectivity index (χ0) is 14.4. The van der Waals surface area contributed by atoms with Crippen molar-refractivity contribution in [2.24, 2.45) is 0 Å². The van der Waals surface area contributed by atoms with Crippen LogP contribution in [-0.2, 0) is 0 Å². The Bertz CT molecular complexity index is 945. The summed E-state index contributed by atoms with van der Waals surface area (Å²) < 4.78 is 0. The first-order chi connectivity index (χ1) is 10.2. The number of H-pyrrole nitrogens is 2. The van der Waals surface area contributed by atoms with E-state index in [0.717, 1.165) is 38.8 Å². The highest BCUT2D eigenvalue weighted by Gasteiger charge is 2.11. The standard InChI is InChI=1S/C17H13N3O/c1-10(21)11-4-5-15-13(7-11)14(9-19-15)16-8-12-3-2-6-18-17(12)20-16/h2-9,19H,1H3,(H,18,20). The highest BCUT2D eigenvalue weighted by Crippen LogP contribution is 2.30. The molecule has 0 aliphatic heterocycles. The second-order valence-corrected chi connectivity index (χ2v) is 5.14. The van der Waals surface area contributed by atoms with Crippen LogP contribution >= 0.6 is 0 Å². The molecule has 2 N–H and O–H groups in total. The van der Waals surface area contributed by atoms with Crippen molar-refractivity contribution in [1.82, 2.24) is 15.0 Å². The molecule has 0 aliphatic rings. The van der Waals surface area contributed by atoms with Crippen LogP contribution in [-0.4, -0.2) is 20.7 Å². The number of aromatic amines is 2. The number of nitrogens with one attached hydrogen (secondary N) is 2. The molecule has 21 heavy (non-hydrogen) atoms. The van der Waals surface area contributed by atoms with Gasteiger partial charge in [-0.05, 0) is 43.3 Å². The molecule has 3 heterocycles. The lowest BCUT2D eigenvalue weighted by molar-refractivity contribution is 0.101. The normalized spacial score (nSPS) is 11.3. The minimum Gasteiger partial charge on any atom is -0.360 e. The van der Waals surface area contributed by atoms with Crippen LogP contribution in [0.25, 0.3) is 33.2 Å². The quantitative estimate of drug-likeness (QED) is 0.545. The largest absolute Gasteiger partial charge is 0.360 e. The van der Waals surface area contributed by atoms with Gasteiger partial charge >= 0.3 is 0 Å². The average molecular weight is 275 g/mol. The third-order valence-electron chi connectivity index (χ3n) is 3.77. The summed E-state index contributed by atoms with van der Waals surface area (Å²) >= 11 is 0. The predicted octanol–water partition coefficient (Wildman–Crippen LogP) is 3.91. The fourth-order valence-corrected chi connectivity index (χ4v) is 2.67. The van der Waals surface area contributed by atoms with Gasteiger partial charge < -0.3 is 9.97 Å². The number of rotatable bonds is 2. The van der Waals surface area contributed by atoms with Crippen molar-refractivity contribution in [2.75, 3.05) is 0 Å². The van der Waals surface area contributed by atoms with Gasteiger partial charge in [-0.25, -0.2) is 4.98 Å². The molecule has 0 saturated heterocycles. The molecule has 0 fully saturated rings. The Morgan fingerprint density at radius 1 is 1.19 bits per heavy atom. The van der Waals surface area contributed by atoms with Crippen LogP contribution in [0.2, 0.25) is 0 Å². The van der Waals surface area contributed by atoms with Gasteiger partial charge in [0.15, 0.2) is 5.78 Å². The molecular weight excluding hydrogens is 262 g/mol. The van der Waals surface area contributed by atoms with Gasteiger partial charge in [0, 0.05) is 45.5 Å². The zero-order valence-corrected chi connectivity index (χ0v) is 11.5. The maximum absolute atomic E-state index is 11.6. The van der Waals surface area contributed by atoms with Gasteiger partial charge in [-0.3, -0.25) is 4.79 Å². The number of hydrogen-bond acceptors (Lipinski definition) is 2. The number of nitrogens with zero attached hydrogens (tertiary/aromatic N) is 1. The van der Waals surface area contributed by atoms with Gasteiger partial charge in [0.2, 0.25) is 0 Å². The highest BCUT2D eigenvalue weighted by atomic mass is 16.1. The maximum Gasteiger partial charge on any atom is 0.159 e. The first kappa shape index (κ1) is 11.9. The van der Waals surface area contributed by atoms with Crippen LogP contribution in [0.3, 0.4) is 0 Å². The number of carbonyl (C=O) groups is 1. The molecule has 0 radical (unpaired) electrons. The first-order valence-electron chi connectivity index (χ1n) is 6.78. The lowest BCUT2D eigenvalue weighted by Gasteiger charge is -1.99. The van der Waals surface area contributed by atoms with E-state index < -0.39 is 0 Å². The predicted molar refractivity (Wildman–Crippen MR) is 83.4 cm³/mol. The third kappa shape index (κ3) is 1.84. The second kappa shape index (κ2) is 4.31. The van der Waals surface area contributed by atoms with Crippen molar-refractivity contribution < 1.29 is 4.79 Å². The molecule has 0 spiro atoms.